The van der Waals surface area contributed by atoms with Gasteiger partial charge in [-0.25, -0.2) is 0 Å². The molecule has 1 rings (SSSR count). The van der Waals surface area contributed by atoms with E-state index in [1.54, 1.807) is 0 Å². The van der Waals surface area contributed by atoms with E-state index in [9.17, 15) is 0 Å². The molecule has 0 aliphatic carbocycles. The zero-order chi connectivity index (χ0) is 7.61. The summed E-state index contributed by atoms with van der Waals surface area (Å²) in [6.45, 7) is 6.42. The first-order valence-electron chi connectivity index (χ1n) is 4.08. The van der Waals surface area contributed by atoms with Gasteiger partial charge in [-0.05, 0) is 25.8 Å². The second-order valence-corrected chi connectivity index (χ2v) is 3.01. The molecule has 0 atom stereocenters. The highest BCUT2D eigenvalue weighted by Gasteiger charge is 2.30. The fraction of sp³-hybridized carbons (Fsp3) is 0.778. The lowest BCUT2D eigenvalue weighted by Gasteiger charge is -2.26. The SMILES string of the molecule is CCC1(CC)CC=C(C)O1. The van der Waals surface area contributed by atoms with Gasteiger partial charge in [0.25, 0.3) is 0 Å². The van der Waals surface area contributed by atoms with Crippen LogP contribution in [-0.2, 0) is 4.74 Å². The van der Waals surface area contributed by atoms with Gasteiger partial charge in [-0.15, -0.1) is 0 Å². The Hall–Kier alpha value is -0.460. The third-order valence-electron chi connectivity index (χ3n) is 2.43. The van der Waals surface area contributed by atoms with Crippen molar-refractivity contribution in [1.82, 2.24) is 0 Å². The number of rotatable bonds is 2. The topological polar surface area (TPSA) is 9.23 Å². The molecule has 1 aliphatic rings. The van der Waals surface area contributed by atoms with Crippen LogP contribution in [0.5, 0.6) is 0 Å². The Morgan fingerprint density at radius 2 is 2.10 bits per heavy atom. The highest BCUT2D eigenvalue weighted by atomic mass is 16.5. The zero-order valence-electron chi connectivity index (χ0n) is 7.11. The molecule has 0 unspecified atom stereocenters. The quantitative estimate of drug-likeness (QED) is 0.573. The van der Waals surface area contributed by atoms with Crippen molar-refractivity contribution in [1.29, 1.82) is 0 Å². The number of ether oxygens (including phenoxy) is 1. The van der Waals surface area contributed by atoms with Crippen LogP contribution < -0.4 is 0 Å². The van der Waals surface area contributed by atoms with Crippen LogP contribution in [0, 0.1) is 0 Å². The molecule has 0 aromatic rings. The molecule has 10 heavy (non-hydrogen) atoms. The minimum absolute atomic E-state index is 0.157. The first-order chi connectivity index (χ1) is 4.72. The normalized spacial score (nSPS) is 22.1. The summed E-state index contributed by atoms with van der Waals surface area (Å²) in [7, 11) is 0. The summed E-state index contributed by atoms with van der Waals surface area (Å²) in [4.78, 5) is 0. The monoisotopic (exact) mass is 140 g/mol. The average molecular weight is 140 g/mol. The van der Waals surface area contributed by atoms with Gasteiger partial charge in [-0.1, -0.05) is 13.8 Å². The van der Waals surface area contributed by atoms with Crippen LogP contribution in [0.15, 0.2) is 11.8 Å². The largest absolute Gasteiger partial charge is 0.492 e. The van der Waals surface area contributed by atoms with Crippen LogP contribution in [0.2, 0.25) is 0 Å². The van der Waals surface area contributed by atoms with Crippen molar-refractivity contribution < 1.29 is 4.74 Å². The van der Waals surface area contributed by atoms with Gasteiger partial charge in [0.2, 0.25) is 0 Å². The van der Waals surface area contributed by atoms with Gasteiger partial charge >= 0.3 is 0 Å². The van der Waals surface area contributed by atoms with E-state index in [0.717, 1.165) is 25.0 Å². The van der Waals surface area contributed by atoms with Gasteiger partial charge in [0, 0.05) is 6.42 Å². The average Bonchev–Trinajstić information content (AvgIpc) is 2.33. The number of hydrogen-bond donors (Lipinski definition) is 0. The van der Waals surface area contributed by atoms with Crippen molar-refractivity contribution >= 4 is 0 Å². The summed E-state index contributed by atoms with van der Waals surface area (Å²) in [6, 6.07) is 0. The van der Waals surface area contributed by atoms with Crippen LogP contribution in [0.25, 0.3) is 0 Å². The molecule has 0 aromatic heterocycles. The molecule has 0 N–H and O–H groups in total. The summed E-state index contributed by atoms with van der Waals surface area (Å²) < 4.78 is 5.71. The maximum absolute atomic E-state index is 5.71. The summed E-state index contributed by atoms with van der Waals surface area (Å²) >= 11 is 0. The molecule has 58 valence electrons. The fourth-order valence-electron chi connectivity index (χ4n) is 1.44. The molecule has 0 saturated carbocycles. The third kappa shape index (κ3) is 1.18. The maximum atomic E-state index is 5.71. The van der Waals surface area contributed by atoms with E-state index in [4.69, 9.17) is 4.74 Å². The molecular formula is C9H16O. The molecule has 0 spiro atoms. The predicted octanol–water partition coefficient (Wildman–Crippen LogP) is 2.87. The summed E-state index contributed by atoms with van der Waals surface area (Å²) in [5.41, 5.74) is 0.157. The lowest BCUT2D eigenvalue weighted by atomic mass is 9.95. The summed E-state index contributed by atoms with van der Waals surface area (Å²) in [5.74, 6) is 1.10. The van der Waals surface area contributed by atoms with E-state index in [2.05, 4.69) is 19.9 Å². The fourth-order valence-corrected chi connectivity index (χ4v) is 1.44. The van der Waals surface area contributed by atoms with E-state index in [1.165, 1.54) is 0 Å². The molecular weight excluding hydrogens is 124 g/mol. The smallest absolute Gasteiger partial charge is 0.112 e. The Bertz CT molecular complexity index is 143. The third-order valence-corrected chi connectivity index (χ3v) is 2.43. The Kier molecular flexibility index (Phi) is 2.02. The Labute approximate surface area is 63.1 Å². The molecule has 0 aromatic carbocycles. The Morgan fingerprint density at radius 1 is 1.50 bits per heavy atom. The summed E-state index contributed by atoms with van der Waals surface area (Å²) in [5, 5.41) is 0. The van der Waals surface area contributed by atoms with Gasteiger partial charge in [-0.3, -0.25) is 0 Å². The van der Waals surface area contributed by atoms with Gasteiger partial charge in [0.05, 0.1) is 5.76 Å². The van der Waals surface area contributed by atoms with E-state index in [1.807, 2.05) is 6.92 Å². The van der Waals surface area contributed by atoms with Crippen LogP contribution in [0.1, 0.15) is 40.0 Å². The zero-order valence-corrected chi connectivity index (χ0v) is 7.11. The highest BCUT2D eigenvalue weighted by molar-refractivity contribution is 5.04. The molecule has 1 nitrogen and oxygen atoms in total. The van der Waals surface area contributed by atoms with E-state index in [-0.39, 0.29) is 5.60 Å². The molecule has 0 amide bonds. The summed E-state index contributed by atoms with van der Waals surface area (Å²) in [6.07, 6.45) is 5.54. The molecule has 1 heterocycles. The minimum Gasteiger partial charge on any atom is -0.492 e. The molecule has 1 aliphatic heterocycles. The van der Waals surface area contributed by atoms with Crippen LogP contribution >= 0.6 is 0 Å². The minimum atomic E-state index is 0.157. The van der Waals surface area contributed by atoms with Crippen molar-refractivity contribution in [3.05, 3.63) is 11.8 Å². The molecule has 0 bridgehead atoms. The van der Waals surface area contributed by atoms with Crippen molar-refractivity contribution in [3.8, 4) is 0 Å². The highest BCUT2D eigenvalue weighted by Crippen LogP contribution is 2.33. The van der Waals surface area contributed by atoms with Crippen molar-refractivity contribution in [2.24, 2.45) is 0 Å². The molecule has 1 heteroatoms. The van der Waals surface area contributed by atoms with Crippen molar-refractivity contribution in [3.63, 3.8) is 0 Å². The van der Waals surface area contributed by atoms with Gasteiger partial charge in [0.1, 0.15) is 5.60 Å². The van der Waals surface area contributed by atoms with Crippen LogP contribution in [0.4, 0.5) is 0 Å². The first-order valence-corrected chi connectivity index (χ1v) is 4.08. The van der Waals surface area contributed by atoms with E-state index < -0.39 is 0 Å². The van der Waals surface area contributed by atoms with Crippen LogP contribution in [0.3, 0.4) is 0 Å². The van der Waals surface area contributed by atoms with Gasteiger partial charge in [-0.2, -0.15) is 0 Å². The van der Waals surface area contributed by atoms with E-state index in [0.29, 0.717) is 0 Å². The standard InChI is InChI=1S/C9H16O/c1-4-9(5-2)7-6-8(3)10-9/h6H,4-5,7H2,1-3H3. The second-order valence-electron chi connectivity index (χ2n) is 3.01. The Morgan fingerprint density at radius 3 is 2.30 bits per heavy atom. The maximum Gasteiger partial charge on any atom is 0.112 e. The Balaban J connectivity index is 2.57. The van der Waals surface area contributed by atoms with Crippen molar-refractivity contribution in [2.45, 2.75) is 45.6 Å². The van der Waals surface area contributed by atoms with Gasteiger partial charge < -0.3 is 4.74 Å². The van der Waals surface area contributed by atoms with Crippen LogP contribution in [-0.4, -0.2) is 5.60 Å². The first kappa shape index (κ1) is 7.64. The number of allylic oxidation sites excluding steroid dienone is 1. The molecule has 0 saturated heterocycles. The predicted molar refractivity (Wildman–Crippen MR) is 42.8 cm³/mol. The van der Waals surface area contributed by atoms with Crippen molar-refractivity contribution in [2.75, 3.05) is 0 Å². The molecule has 0 fully saturated rings. The second kappa shape index (κ2) is 2.65. The lowest BCUT2D eigenvalue weighted by molar-refractivity contribution is 0.0198. The molecule has 0 radical (unpaired) electrons. The van der Waals surface area contributed by atoms with E-state index >= 15 is 0 Å². The number of hydrogen-bond acceptors (Lipinski definition) is 1. The lowest BCUT2D eigenvalue weighted by Crippen LogP contribution is -2.25. The van der Waals surface area contributed by atoms with Gasteiger partial charge in [0.15, 0.2) is 0 Å².